The van der Waals surface area contributed by atoms with Crippen LogP contribution < -0.4 is 0 Å². The second-order valence-electron chi connectivity index (χ2n) is 7.48. The molecule has 3 aromatic rings. The number of benzene rings is 2. The summed E-state index contributed by atoms with van der Waals surface area (Å²) < 4.78 is 2.27. The monoisotopic (exact) mass is 373 g/mol. The molecule has 4 nitrogen and oxygen atoms in total. The van der Waals surface area contributed by atoms with Crippen LogP contribution in [0.4, 0.5) is 0 Å². The number of likely N-dealkylation sites (tertiary alicyclic amines) is 1. The Labute approximate surface area is 166 Å². The molecule has 0 radical (unpaired) electrons. The highest BCUT2D eigenvalue weighted by molar-refractivity contribution is 5.81. The van der Waals surface area contributed by atoms with Crippen molar-refractivity contribution in [1.29, 1.82) is 0 Å². The van der Waals surface area contributed by atoms with Gasteiger partial charge in [0.05, 0.1) is 11.0 Å². The van der Waals surface area contributed by atoms with Crippen LogP contribution in [0.1, 0.15) is 43.5 Å². The zero-order valence-corrected chi connectivity index (χ0v) is 16.4. The predicted molar refractivity (Wildman–Crippen MR) is 114 cm³/mol. The lowest BCUT2D eigenvalue weighted by Crippen LogP contribution is -2.26. The van der Waals surface area contributed by atoms with E-state index in [0.29, 0.717) is 6.42 Å². The fourth-order valence-corrected chi connectivity index (χ4v) is 3.97. The topological polar surface area (TPSA) is 38.1 Å². The minimum atomic E-state index is 0.168. The molecule has 1 atom stereocenters. The predicted octanol–water partition coefficient (Wildman–Crippen LogP) is 4.87. The molecule has 0 aliphatic carbocycles. The number of para-hydroxylation sites is 2. The van der Waals surface area contributed by atoms with Crippen molar-refractivity contribution in [3.63, 3.8) is 0 Å². The average molecular weight is 374 g/mol. The maximum absolute atomic E-state index is 12.5. The molecule has 0 bridgehead atoms. The van der Waals surface area contributed by atoms with E-state index >= 15 is 0 Å². The van der Waals surface area contributed by atoms with Gasteiger partial charge in [0.2, 0.25) is 5.91 Å². The zero-order chi connectivity index (χ0) is 19.3. The van der Waals surface area contributed by atoms with Crippen LogP contribution in [0.3, 0.4) is 0 Å². The molecule has 144 valence electrons. The van der Waals surface area contributed by atoms with Gasteiger partial charge >= 0.3 is 0 Å². The molecule has 0 saturated carbocycles. The van der Waals surface area contributed by atoms with Gasteiger partial charge in [-0.3, -0.25) is 4.79 Å². The van der Waals surface area contributed by atoms with Crippen LogP contribution in [-0.4, -0.2) is 33.4 Å². The van der Waals surface area contributed by atoms with Crippen molar-refractivity contribution in [3.8, 4) is 0 Å². The first kappa shape index (κ1) is 18.5. The van der Waals surface area contributed by atoms with Crippen molar-refractivity contribution in [2.24, 2.45) is 0 Å². The molecule has 2 aromatic carbocycles. The maximum Gasteiger partial charge on any atom is 0.223 e. The number of carbonyl (C=O) groups is 1. The highest BCUT2D eigenvalue weighted by atomic mass is 16.2. The number of aromatic nitrogens is 2. The Morgan fingerprint density at radius 2 is 1.89 bits per heavy atom. The van der Waals surface area contributed by atoms with Gasteiger partial charge in [-0.25, -0.2) is 4.98 Å². The number of nitrogens with zero attached hydrogens (tertiary/aromatic N) is 3. The molecule has 1 fully saturated rings. The summed E-state index contributed by atoms with van der Waals surface area (Å²) in [5.74, 6) is 1.46. The summed E-state index contributed by atoms with van der Waals surface area (Å²) >= 11 is 0. The quantitative estimate of drug-likeness (QED) is 0.593. The molecule has 4 heteroatoms. The number of rotatable bonds is 7. The van der Waals surface area contributed by atoms with Gasteiger partial charge in [-0.05, 0) is 24.1 Å². The third-order valence-corrected chi connectivity index (χ3v) is 5.44. The Kier molecular flexibility index (Phi) is 5.56. The van der Waals surface area contributed by atoms with Gasteiger partial charge < -0.3 is 9.47 Å². The normalized spacial score (nSPS) is 17.2. The van der Waals surface area contributed by atoms with Crippen molar-refractivity contribution < 1.29 is 4.79 Å². The van der Waals surface area contributed by atoms with Crippen molar-refractivity contribution in [2.75, 3.05) is 13.1 Å². The summed E-state index contributed by atoms with van der Waals surface area (Å²) in [5, 5.41) is 0. The Hall–Kier alpha value is -2.88. The lowest BCUT2D eigenvalue weighted by Gasteiger charge is -2.16. The van der Waals surface area contributed by atoms with Crippen molar-refractivity contribution in [1.82, 2.24) is 14.5 Å². The van der Waals surface area contributed by atoms with Crippen molar-refractivity contribution in [3.05, 3.63) is 72.1 Å². The minimum absolute atomic E-state index is 0.168. The largest absolute Gasteiger partial charge is 0.342 e. The standard InChI is InChI=1S/C24H27N3O/c1-2-3-15-26-18-20(17-23(26)28)24-25-21-13-7-8-14-22(21)27(24)16-9-12-19-10-5-4-6-11-19/h4-14,20H,2-3,15-18H2,1H3/b12-9+/t20-/m0/s1. The van der Waals surface area contributed by atoms with Crippen LogP contribution in [0.15, 0.2) is 60.7 Å². The van der Waals surface area contributed by atoms with Crippen LogP contribution >= 0.6 is 0 Å². The SMILES string of the molecule is CCCCN1C[C@@H](c2nc3ccccc3n2C/C=C/c2ccccc2)CC1=O. The Morgan fingerprint density at radius 1 is 1.11 bits per heavy atom. The summed E-state index contributed by atoms with van der Waals surface area (Å²) in [7, 11) is 0. The number of allylic oxidation sites excluding steroid dienone is 1. The van der Waals surface area contributed by atoms with Crippen LogP contribution in [-0.2, 0) is 11.3 Å². The molecular weight excluding hydrogens is 346 g/mol. The third kappa shape index (κ3) is 3.86. The molecule has 4 rings (SSSR count). The molecule has 0 unspecified atom stereocenters. The first-order valence-corrected chi connectivity index (χ1v) is 10.2. The molecule has 1 saturated heterocycles. The van der Waals surface area contributed by atoms with E-state index in [0.717, 1.165) is 49.3 Å². The van der Waals surface area contributed by atoms with E-state index in [1.54, 1.807) is 0 Å². The van der Waals surface area contributed by atoms with Gasteiger partial charge in [0.15, 0.2) is 0 Å². The van der Waals surface area contributed by atoms with E-state index in [9.17, 15) is 4.79 Å². The Morgan fingerprint density at radius 3 is 2.71 bits per heavy atom. The summed E-state index contributed by atoms with van der Waals surface area (Å²) in [4.78, 5) is 19.4. The molecule has 1 aliphatic heterocycles. The number of fused-ring (bicyclic) bond motifs is 1. The van der Waals surface area contributed by atoms with Crippen LogP contribution in [0, 0.1) is 0 Å². The van der Waals surface area contributed by atoms with E-state index in [2.05, 4.69) is 54.0 Å². The molecular formula is C24H27N3O. The third-order valence-electron chi connectivity index (χ3n) is 5.44. The van der Waals surface area contributed by atoms with Crippen LogP contribution in [0.5, 0.6) is 0 Å². The molecule has 1 aliphatic rings. The fraction of sp³-hybridized carbons (Fsp3) is 0.333. The van der Waals surface area contributed by atoms with E-state index in [4.69, 9.17) is 4.98 Å². The number of imidazole rings is 1. The van der Waals surface area contributed by atoms with Gasteiger partial charge in [-0.2, -0.15) is 0 Å². The zero-order valence-electron chi connectivity index (χ0n) is 16.4. The molecule has 1 amide bonds. The highest BCUT2D eigenvalue weighted by Gasteiger charge is 2.33. The van der Waals surface area contributed by atoms with E-state index < -0.39 is 0 Å². The van der Waals surface area contributed by atoms with Crippen LogP contribution in [0.2, 0.25) is 0 Å². The second kappa shape index (κ2) is 8.42. The number of hydrogen-bond acceptors (Lipinski definition) is 2. The van der Waals surface area contributed by atoms with E-state index in [1.807, 2.05) is 29.2 Å². The first-order valence-electron chi connectivity index (χ1n) is 10.2. The fourth-order valence-electron chi connectivity index (χ4n) is 3.97. The van der Waals surface area contributed by atoms with Gasteiger partial charge in [0, 0.05) is 32.0 Å². The molecule has 1 aromatic heterocycles. The summed E-state index contributed by atoms with van der Waals surface area (Å²) in [6.07, 6.45) is 7.06. The lowest BCUT2D eigenvalue weighted by atomic mass is 10.1. The van der Waals surface area contributed by atoms with Gasteiger partial charge in [-0.15, -0.1) is 0 Å². The van der Waals surface area contributed by atoms with Gasteiger partial charge in [0.25, 0.3) is 0 Å². The summed E-state index contributed by atoms with van der Waals surface area (Å²) in [6, 6.07) is 18.6. The smallest absolute Gasteiger partial charge is 0.223 e. The number of hydrogen-bond donors (Lipinski definition) is 0. The second-order valence-corrected chi connectivity index (χ2v) is 7.48. The van der Waals surface area contributed by atoms with Gasteiger partial charge in [0.1, 0.15) is 5.82 Å². The minimum Gasteiger partial charge on any atom is -0.342 e. The highest BCUT2D eigenvalue weighted by Crippen LogP contribution is 2.30. The summed E-state index contributed by atoms with van der Waals surface area (Å²) in [5.41, 5.74) is 3.33. The molecule has 2 heterocycles. The molecule has 28 heavy (non-hydrogen) atoms. The number of amides is 1. The van der Waals surface area contributed by atoms with Crippen LogP contribution in [0.25, 0.3) is 17.1 Å². The lowest BCUT2D eigenvalue weighted by molar-refractivity contribution is -0.127. The number of unbranched alkanes of at least 4 members (excludes halogenated alkanes) is 1. The summed E-state index contributed by atoms with van der Waals surface area (Å²) in [6.45, 7) is 4.56. The number of carbonyl (C=O) groups excluding carboxylic acids is 1. The molecule has 0 N–H and O–H groups in total. The van der Waals surface area contributed by atoms with Crippen molar-refractivity contribution in [2.45, 2.75) is 38.6 Å². The van der Waals surface area contributed by atoms with Gasteiger partial charge in [-0.1, -0.05) is 68.0 Å². The van der Waals surface area contributed by atoms with E-state index in [1.165, 1.54) is 5.56 Å². The Bertz CT molecular complexity index is 974. The molecule has 0 spiro atoms. The van der Waals surface area contributed by atoms with E-state index in [-0.39, 0.29) is 11.8 Å². The average Bonchev–Trinajstić information content (AvgIpc) is 3.28. The first-order chi connectivity index (χ1) is 13.8. The Balaban J connectivity index is 1.60. The maximum atomic E-state index is 12.5. The van der Waals surface area contributed by atoms with Crippen molar-refractivity contribution >= 4 is 23.0 Å².